The zero-order valence-corrected chi connectivity index (χ0v) is 18.4. The molecule has 2 aromatic rings. The Bertz CT molecular complexity index is 1120. The summed E-state index contributed by atoms with van der Waals surface area (Å²) < 4.78 is 65.5. The van der Waals surface area contributed by atoms with Gasteiger partial charge >= 0.3 is 0 Å². The molecule has 0 unspecified atom stereocenters. The van der Waals surface area contributed by atoms with Gasteiger partial charge < -0.3 is 9.47 Å². The van der Waals surface area contributed by atoms with E-state index in [1.807, 2.05) is 0 Å². The Morgan fingerprint density at radius 2 is 1.69 bits per heavy atom. The zero-order valence-electron chi connectivity index (χ0n) is 15.3. The van der Waals surface area contributed by atoms with Crippen LogP contribution in [0, 0.1) is 0 Å². The van der Waals surface area contributed by atoms with Crippen LogP contribution in [0.1, 0.15) is 0 Å². The van der Waals surface area contributed by atoms with Crippen LogP contribution in [0.2, 0.25) is 10.0 Å². The molecule has 1 saturated heterocycles. The highest BCUT2D eigenvalue weighted by Crippen LogP contribution is 2.32. The smallest absolute Gasteiger partial charge is 0.263 e. The third-order valence-electron chi connectivity index (χ3n) is 4.19. The Morgan fingerprint density at radius 1 is 1.00 bits per heavy atom. The fraction of sp³-hybridized carbons (Fsp3) is 0.294. The molecule has 0 amide bonds. The van der Waals surface area contributed by atoms with Gasteiger partial charge in [-0.2, -0.15) is 4.31 Å². The minimum Gasteiger partial charge on any atom is -0.495 e. The molecule has 0 spiro atoms. The van der Waals surface area contributed by atoms with Crippen LogP contribution in [0.5, 0.6) is 5.75 Å². The monoisotopic (exact) mass is 480 g/mol. The van der Waals surface area contributed by atoms with Crippen LogP contribution in [-0.2, 0) is 24.8 Å². The number of nitrogens with one attached hydrogen (secondary N) is 1. The summed E-state index contributed by atoms with van der Waals surface area (Å²) in [5, 5.41) is 0.177. The van der Waals surface area contributed by atoms with Crippen LogP contribution < -0.4 is 9.46 Å². The van der Waals surface area contributed by atoms with E-state index in [2.05, 4.69) is 4.72 Å². The SMILES string of the molecule is COc1ccc(NS(=O)(=O)c2cc(Cl)ccc2Cl)cc1S(=O)(=O)N1CCOCC1. The van der Waals surface area contributed by atoms with Crippen LogP contribution in [0.4, 0.5) is 5.69 Å². The van der Waals surface area contributed by atoms with Crippen LogP contribution in [-0.4, -0.2) is 54.6 Å². The number of hydrogen-bond acceptors (Lipinski definition) is 6. The molecule has 1 heterocycles. The largest absolute Gasteiger partial charge is 0.495 e. The first-order chi connectivity index (χ1) is 13.6. The number of hydrogen-bond donors (Lipinski definition) is 1. The lowest BCUT2D eigenvalue weighted by molar-refractivity contribution is 0.0729. The maximum Gasteiger partial charge on any atom is 0.263 e. The normalized spacial score (nSPS) is 15.8. The van der Waals surface area contributed by atoms with Gasteiger partial charge in [0.15, 0.2) is 0 Å². The lowest BCUT2D eigenvalue weighted by Crippen LogP contribution is -2.40. The van der Waals surface area contributed by atoms with Gasteiger partial charge in [0.1, 0.15) is 15.5 Å². The summed E-state index contributed by atoms with van der Waals surface area (Å²) in [6.45, 7) is 0.946. The first-order valence-corrected chi connectivity index (χ1v) is 12.1. The lowest BCUT2D eigenvalue weighted by Gasteiger charge is -2.26. The predicted octanol–water partition coefficient (Wildman–Crippen LogP) is 2.82. The van der Waals surface area contributed by atoms with Gasteiger partial charge in [0, 0.05) is 18.1 Å². The second-order valence-electron chi connectivity index (χ2n) is 6.06. The molecular weight excluding hydrogens is 463 g/mol. The highest BCUT2D eigenvalue weighted by atomic mass is 35.5. The van der Waals surface area contributed by atoms with Crippen molar-refractivity contribution in [2.24, 2.45) is 0 Å². The van der Waals surface area contributed by atoms with E-state index < -0.39 is 20.0 Å². The van der Waals surface area contributed by atoms with Crippen molar-refractivity contribution in [2.45, 2.75) is 9.79 Å². The summed E-state index contributed by atoms with van der Waals surface area (Å²) in [5.74, 6) is 0.0974. The van der Waals surface area contributed by atoms with Gasteiger partial charge in [-0.15, -0.1) is 0 Å². The number of morpholine rings is 1. The molecule has 0 bridgehead atoms. The molecule has 1 aliphatic rings. The fourth-order valence-corrected chi connectivity index (χ4v) is 6.16. The summed E-state index contributed by atoms with van der Waals surface area (Å²) in [4.78, 5) is -0.376. The molecule has 12 heteroatoms. The highest BCUT2D eigenvalue weighted by Gasteiger charge is 2.30. The van der Waals surface area contributed by atoms with Crippen molar-refractivity contribution in [3.05, 3.63) is 46.4 Å². The average Bonchev–Trinajstić information content (AvgIpc) is 2.70. The summed E-state index contributed by atoms with van der Waals surface area (Å²) in [7, 11) is -6.69. The molecule has 3 rings (SSSR count). The van der Waals surface area contributed by atoms with Crippen LogP contribution in [0.3, 0.4) is 0 Å². The number of nitrogens with zero attached hydrogens (tertiary/aromatic N) is 1. The summed E-state index contributed by atoms with van der Waals surface area (Å²) in [6.07, 6.45) is 0. The Morgan fingerprint density at radius 3 is 2.34 bits per heavy atom. The highest BCUT2D eigenvalue weighted by molar-refractivity contribution is 7.93. The lowest BCUT2D eigenvalue weighted by atomic mass is 10.3. The van der Waals surface area contributed by atoms with Crippen LogP contribution >= 0.6 is 23.2 Å². The van der Waals surface area contributed by atoms with Gasteiger partial charge in [-0.25, -0.2) is 16.8 Å². The average molecular weight is 481 g/mol. The summed E-state index contributed by atoms with van der Waals surface area (Å²) >= 11 is 11.9. The number of halogens is 2. The Labute approximate surface area is 179 Å². The molecule has 29 heavy (non-hydrogen) atoms. The van der Waals surface area contributed by atoms with Gasteiger partial charge in [-0.1, -0.05) is 23.2 Å². The maximum absolute atomic E-state index is 13.0. The van der Waals surface area contributed by atoms with E-state index in [9.17, 15) is 16.8 Å². The van der Waals surface area contributed by atoms with Crippen molar-refractivity contribution in [3.8, 4) is 5.75 Å². The standard InChI is InChI=1S/C17H18Cl2N2O6S2/c1-26-15-5-3-13(11-17(15)29(24,25)21-6-8-27-9-7-21)20-28(22,23)16-10-12(18)2-4-14(16)19/h2-5,10-11,20H,6-9H2,1H3. The number of anilines is 1. The van der Waals surface area contributed by atoms with E-state index in [0.717, 1.165) is 0 Å². The van der Waals surface area contributed by atoms with Crippen molar-refractivity contribution in [1.29, 1.82) is 0 Å². The first kappa shape index (κ1) is 22.1. The number of rotatable bonds is 6. The maximum atomic E-state index is 13.0. The van der Waals surface area contributed by atoms with E-state index in [1.54, 1.807) is 0 Å². The summed E-state index contributed by atoms with van der Waals surface area (Å²) in [5.41, 5.74) is 0.0358. The number of methoxy groups -OCH3 is 1. The Kier molecular flexibility index (Phi) is 6.61. The Balaban J connectivity index is 1.99. The molecular formula is C17H18Cl2N2O6S2. The molecule has 0 aliphatic carbocycles. The van der Waals surface area contributed by atoms with Gasteiger partial charge in [-0.05, 0) is 36.4 Å². The molecule has 0 atom stereocenters. The van der Waals surface area contributed by atoms with E-state index >= 15 is 0 Å². The topological polar surface area (TPSA) is 102 Å². The van der Waals surface area contributed by atoms with Crippen LogP contribution in [0.25, 0.3) is 0 Å². The van der Waals surface area contributed by atoms with Gasteiger partial charge in [0.2, 0.25) is 10.0 Å². The number of ether oxygens (including phenoxy) is 2. The van der Waals surface area contributed by atoms with Crippen LogP contribution in [0.15, 0.2) is 46.2 Å². The molecule has 1 N–H and O–H groups in total. The first-order valence-electron chi connectivity index (χ1n) is 8.39. The van der Waals surface area contributed by atoms with E-state index in [0.29, 0.717) is 0 Å². The quantitative estimate of drug-likeness (QED) is 0.681. The molecule has 0 aromatic heterocycles. The third-order valence-corrected chi connectivity index (χ3v) is 8.20. The predicted molar refractivity (Wildman–Crippen MR) is 110 cm³/mol. The molecule has 8 nitrogen and oxygen atoms in total. The second kappa shape index (κ2) is 8.66. The van der Waals surface area contributed by atoms with Gasteiger partial charge in [0.05, 0.1) is 31.0 Å². The molecule has 0 saturated carbocycles. The van der Waals surface area contributed by atoms with Crippen molar-refractivity contribution >= 4 is 48.9 Å². The fourth-order valence-electron chi connectivity index (χ4n) is 2.76. The third kappa shape index (κ3) is 4.79. The van der Waals surface area contributed by atoms with Crippen molar-refractivity contribution in [1.82, 2.24) is 4.31 Å². The van der Waals surface area contributed by atoms with Crippen molar-refractivity contribution in [2.75, 3.05) is 38.1 Å². The van der Waals surface area contributed by atoms with E-state index in [-0.39, 0.29) is 57.6 Å². The summed E-state index contributed by atoms with van der Waals surface area (Å²) in [6, 6.07) is 8.02. The van der Waals surface area contributed by atoms with Gasteiger partial charge in [-0.3, -0.25) is 4.72 Å². The minimum absolute atomic E-state index is 0.0171. The molecule has 1 fully saturated rings. The molecule has 158 valence electrons. The molecule has 0 radical (unpaired) electrons. The molecule has 1 aliphatic heterocycles. The second-order valence-corrected chi connectivity index (χ2v) is 10.5. The van der Waals surface area contributed by atoms with Crippen molar-refractivity contribution < 1.29 is 26.3 Å². The minimum atomic E-state index is -4.11. The van der Waals surface area contributed by atoms with Crippen molar-refractivity contribution in [3.63, 3.8) is 0 Å². The number of sulfonamides is 2. The van der Waals surface area contributed by atoms with Gasteiger partial charge in [0.25, 0.3) is 10.0 Å². The molecule has 2 aromatic carbocycles. The zero-order chi connectivity index (χ0) is 21.2. The van der Waals surface area contributed by atoms with E-state index in [1.165, 1.54) is 47.8 Å². The van der Waals surface area contributed by atoms with E-state index in [4.69, 9.17) is 32.7 Å². The Hall–Kier alpha value is -1.56. The number of benzene rings is 2.